The van der Waals surface area contributed by atoms with Crippen molar-refractivity contribution in [3.63, 3.8) is 0 Å². The number of hydrogen-bond acceptors (Lipinski definition) is 7. The highest BCUT2D eigenvalue weighted by molar-refractivity contribution is 8.19. The number of hydrogen-bond donors (Lipinski definition) is 0. The van der Waals surface area contributed by atoms with Gasteiger partial charge in [-0.15, -0.1) is 0 Å². The Morgan fingerprint density at radius 1 is 0.939 bits per heavy atom. The van der Waals surface area contributed by atoms with Crippen LogP contribution in [0.5, 0.6) is 11.5 Å². The number of aliphatic imine (C=N–C) groups is 1. The van der Waals surface area contributed by atoms with E-state index in [4.69, 9.17) is 14.5 Å². The summed E-state index contributed by atoms with van der Waals surface area (Å²) >= 11 is 3.12. The molecule has 5 rings (SSSR count). The normalized spacial score (nSPS) is 22.3. The van der Waals surface area contributed by atoms with Crippen LogP contribution in [0, 0.1) is 0 Å². The van der Waals surface area contributed by atoms with Crippen molar-refractivity contribution in [1.82, 2.24) is 4.90 Å². The molecule has 0 aromatic heterocycles. The lowest BCUT2D eigenvalue weighted by atomic mass is 9.94. The Labute approximate surface area is 203 Å². The predicted molar refractivity (Wildman–Crippen MR) is 136 cm³/mol. The number of fused-ring (bicyclic) bond motifs is 1. The zero-order valence-electron chi connectivity index (χ0n) is 19.0. The Kier molecular flexibility index (Phi) is 6.29. The number of benzene rings is 2. The molecule has 2 heterocycles. The van der Waals surface area contributed by atoms with Gasteiger partial charge in [0.15, 0.2) is 5.17 Å². The van der Waals surface area contributed by atoms with Crippen molar-refractivity contribution < 1.29 is 14.3 Å². The molecule has 1 saturated heterocycles. The number of amidine groups is 1. The van der Waals surface area contributed by atoms with Gasteiger partial charge in [-0.25, -0.2) is 4.99 Å². The maximum Gasteiger partial charge on any atom is 0.269 e. The predicted octanol–water partition coefficient (Wildman–Crippen LogP) is 6.01. The molecule has 2 fully saturated rings. The second kappa shape index (κ2) is 9.35. The summed E-state index contributed by atoms with van der Waals surface area (Å²) in [4.78, 5) is 24.6. The summed E-state index contributed by atoms with van der Waals surface area (Å²) in [6, 6.07) is 13.9. The summed E-state index contributed by atoms with van der Waals surface area (Å²) in [5.41, 5.74) is 1.87. The molecule has 172 valence electrons. The van der Waals surface area contributed by atoms with Gasteiger partial charge in [0.2, 0.25) is 0 Å². The van der Waals surface area contributed by atoms with Crippen molar-refractivity contribution in [3.8, 4) is 11.5 Å². The largest absolute Gasteiger partial charge is 0.497 e. The zero-order chi connectivity index (χ0) is 22.9. The number of carbonyl (C=O) groups excluding carboxylic acids is 1. The molecule has 33 heavy (non-hydrogen) atoms. The average molecular weight is 482 g/mol. The van der Waals surface area contributed by atoms with Crippen molar-refractivity contribution in [2.75, 3.05) is 26.2 Å². The molecular weight excluding hydrogens is 454 g/mol. The van der Waals surface area contributed by atoms with Crippen LogP contribution in [-0.4, -0.2) is 43.3 Å². The smallest absolute Gasteiger partial charge is 0.269 e. The molecule has 3 aliphatic rings. The lowest BCUT2D eigenvalue weighted by Gasteiger charge is -2.30. The molecule has 0 spiro atoms. The molecule has 0 bridgehead atoms. The highest BCUT2D eigenvalue weighted by atomic mass is 32.2. The van der Waals surface area contributed by atoms with E-state index in [9.17, 15) is 4.79 Å². The minimum Gasteiger partial charge on any atom is -0.497 e. The van der Waals surface area contributed by atoms with Crippen molar-refractivity contribution >= 4 is 46.0 Å². The second-order valence-electron chi connectivity index (χ2n) is 8.29. The van der Waals surface area contributed by atoms with Crippen LogP contribution in [0.3, 0.4) is 0 Å². The van der Waals surface area contributed by atoms with Crippen LogP contribution < -0.4 is 14.4 Å². The number of carbonyl (C=O) groups is 1. The van der Waals surface area contributed by atoms with Gasteiger partial charge in [-0.05, 0) is 61.0 Å². The van der Waals surface area contributed by atoms with Crippen LogP contribution in [0.15, 0.2) is 62.3 Å². The molecule has 6 nitrogen and oxygen atoms in total. The van der Waals surface area contributed by atoms with Gasteiger partial charge in [-0.3, -0.25) is 9.69 Å². The number of ether oxygens (including phenoxy) is 2. The molecular formula is C25H27N3O3S2. The summed E-state index contributed by atoms with van der Waals surface area (Å²) in [5, 5.41) is 1.72. The van der Waals surface area contributed by atoms with Gasteiger partial charge >= 0.3 is 0 Å². The number of methoxy groups -OCH3 is 2. The first-order valence-electron chi connectivity index (χ1n) is 11.2. The fourth-order valence-electron chi connectivity index (χ4n) is 4.47. The first-order valence-corrected chi connectivity index (χ1v) is 12.8. The van der Waals surface area contributed by atoms with Crippen molar-refractivity contribution in [3.05, 3.63) is 52.4 Å². The van der Waals surface area contributed by atoms with Crippen molar-refractivity contribution in [2.24, 2.45) is 4.99 Å². The molecule has 2 aromatic carbocycles. The molecule has 1 amide bonds. The molecule has 2 aliphatic heterocycles. The third kappa shape index (κ3) is 4.22. The van der Waals surface area contributed by atoms with Crippen LogP contribution >= 0.6 is 23.5 Å². The van der Waals surface area contributed by atoms with E-state index in [1.54, 1.807) is 26.0 Å². The average Bonchev–Trinajstić information content (AvgIpc) is 3.35. The number of rotatable bonds is 4. The third-order valence-corrected chi connectivity index (χ3v) is 8.69. The lowest BCUT2D eigenvalue weighted by molar-refractivity contribution is -0.124. The first-order chi connectivity index (χ1) is 16.1. The molecule has 0 radical (unpaired) electrons. The Morgan fingerprint density at radius 2 is 1.64 bits per heavy atom. The SMILES string of the molecule is COc1ccc(N=C2S/C(=C3\Sc4ccc(OC)cc4N3C)C(=O)N2C2CCCCC2)cc1. The lowest BCUT2D eigenvalue weighted by Crippen LogP contribution is -2.40. The molecule has 2 aromatic rings. The van der Waals surface area contributed by atoms with Crippen LogP contribution in [0.1, 0.15) is 32.1 Å². The maximum absolute atomic E-state index is 13.8. The van der Waals surface area contributed by atoms with Gasteiger partial charge in [-0.1, -0.05) is 31.0 Å². The van der Waals surface area contributed by atoms with Gasteiger partial charge in [0, 0.05) is 24.1 Å². The van der Waals surface area contributed by atoms with Gasteiger partial charge in [0.1, 0.15) is 16.4 Å². The van der Waals surface area contributed by atoms with E-state index in [1.807, 2.05) is 48.3 Å². The molecule has 0 unspecified atom stereocenters. The molecule has 0 atom stereocenters. The molecule has 1 aliphatic carbocycles. The minimum absolute atomic E-state index is 0.0632. The highest BCUT2D eigenvalue weighted by Gasteiger charge is 2.42. The summed E-state index contributed by atoms with van der Waals surface area (Å²) in [7, 11) is 5.33. The van der Waals surface area contributed by atoms with Crippen molar-refractivity contribution in [2.45, 2.75) is 43.0 Å². The van der Waals surface area contributed by atoms with E-state index >= 15 is 0 Å². The highest BCUT2D eigenvalue weighted by Crippen LogP contribution is 2.51. The summed E-state index contributed by atoms with van der Waals surface area (Å²) in [5.74, 6) is 1.66. The minimum atomic E-state index is 0.0632. The van der Waals surface area contributed by atoms with E-state index in [0.717, 1.165) is 68.6 Å². The van der Waals surface area contributed by atoms with E-state index in [-0.39, 0.29) is 11.9 Å². The first kappa shape index (κ1) is 22.2. The van der Waals surface area contributed by atoms with E-state index in [1.165, 1.54) is 18.2 Å². The van der Waals surface area contributed by atoms with Gasteiger partial charge in [-0.2, -0.15) is 0 Å². The van der Waals surface area contributed by atoms with Gasteiger partial charge in [0.25, 0.3) is 5.91 Å². The molecule has 8 heteroatoms. The number of anilines is 1. The quantitative estimate of drug-likeness (QED) is 0.499. The van der Waals surface area contributed by atoms with Crippen LogP contribution in [0.4, 0.5) is 11.4 Å². The molecule has 0 N–H and O–H groups in total. The third-order valence-electron chi connectivity index (χ3n) is 6.28. The number of amides is 1. The fourth-order valence-corrected chi connectivity index (χ4v) is 6.86. The fraction of sp³-hybridized carbons (Fsp3) is 0.360. The Morgan fingerprint density at radius 3 is 2.33 bits per heavy atom. The Hall–Kier alpha value is -2.58. The van der Waals surface area contributed by atoms with Gasteiger partial charge in [0.05, 0.1) is 30.6 Å². The molecule has 1 saturated carbocycles. The van der Waals surface area contributed by atoms with Crippen molar-refractivity contribution in [1.29, 1.82) is 0 Å². The second-order valence-corrected chi connectivity index (χ2v) is 10.3. The summed E-state index contributed by atoms with van der Waals surface area (Å²) in [6.07, 6.45) is 5.59. The number of nitrogens with zero attached hydrogens (tertiary/aromatic N) is 3. The van der Waals surface area contributed by atoms with E-state index < -0.39 is 0 Å². The zero-order valence-corrected chi connectivity index (χ0v) is 20.7. The van der Waals surface area contributed by atoms with Crippen LogP contribution in [0.25, 0.3) is 0 Å². The summed E-state index contributed by atoms with van der Waals surface area (Å²) < 4.78 is 10.7. The standard InChI is InChI=1S/C25H27N3O3S2/c1-27-20-15-19(31-3)13-14-21(20)32-24(27)22-23(29)28(17-7-5-4-6-8-17)25(33-22)26-16-9-11-18(30-2)12-10-16/h9-15,17H,4-8H2,1-3H3/b24-22-,26-25?. The van der Waals surface area contributed by atoms with Crippen LogP contribution in [0.2, 0.25) is 0 Å². The Balaban J connectivity index is 1.53. The van der Waals surface area contributed by atoms with Gasteiger partial charge < -0.3 is 14.4 Å². The topological polar surface area (TPSA) is 54.4 Å². The van der Waals surface area contributed by atoms with E-state index in [0.29, 0.717) is 0 Å². The maximum atomic E-state index is 13.8. The Bertz CT molecular complexity index is 1120. The number of thioether (sulfide) groups is 2. The summed E-state index contributed by atoms with van der Waals surface area (Å²) in [6.45, 7) is 0. The van der Waals surface area contributed by atoms with E-state index in [2.05, 4.69) is 11.0 Å². The monoisotopic (exact) mass is 481 g/mol. The van der Waals surface area contributed by atoms with Crippen LogP contribution in [-0.2, 0) is 4.79 Å².